The smallest absolute Gasteiger partial charge is 0.343 e. The molecule has 0 atom stereocenters. The summed E-state index contributed by atoms with van der Waals surface area (Å²) in [7, 11) is 1.42. The van der Waals surface area contributed by atoms with Crippen molar-refractivity contribution in [1.29, 1.82) is 0 Å². The highest BCUT2D eigenvalue weighted by Gasteiger charge is 2.30. The van der Waals surface area contributed by atoms with E-state index in [2.05, 4.69) is 15.4 Å². The fourth-order valence-electron chi connectivity index (χ4n) is 3.15. The van der Waals surface area contributed by atoms with Crippen molar-refractivity contribution < 1.29 is 22.8 Å². The van der Waals surface area contributed by atoms with Crippen molar-refractivity contribution >= 4 is 23.1 Å². The summed E-state index contributed by atoms with van der Waals surface area (Å²) >= 11 is 0. The molecule has 0 unspecified atom stereocenters. The number of hydrogen-bond acceptors (Lipinski definition) is 4. The number of hydrogen-bond donors (Lipinski definition) is 2. The van der Waals surface area contributed by atoms with Crippen LogP contribution in [0.4, 0.5) is 18.9 Å². The first kappa shape index (κ1) is 21.1. The number of aryl methyl sites for hydroxylation is 1. The van der Waals surface area contributed by atoms with Gasteiger partial charge in [0, 0.05) is 36.8 Å². The van der Waals surface area contributed by atoms with Gasteiger partial charge in [0.15, 0.2) is 0 Å². The van der Waals surface area contributed by atoms with Crippen LogP contribution >= 0.6 is 0 Å². The number of carbonyl (C=O) groups excluding carboxylic acids is 2. The molecule has 4 rings (SSSR count). The van der Waals surface area contributed by atoms with Crippen molar-refractivity contribution in [1.82, 2.24) is 24.5 Å². The standard InChI is InChI=1S/C21H17F3N6O2/c1-29-18(15(10-26-29)19(31)25-12-21(22,23)24)20(32)27-14-7-8-30-11-16(28-17(30)9-14)13-5-3-2-4-6-13/h2-11H,12H2,1H3,(H,25,31)(H,27,32). The van der Waals surface area contributed by atoms with E-state index in [9.17, 15) is 22.8 Å². The Bertz CT molecular complexity index is 1290. The fraction of sp³-hybridized carbons (Fsp3) is 0.143. The molecule has 0 saturated carbocycles. The molecule has 8 nitrogen and oxygen atoms in total. The first-order valence-corrected chi connectivity index (χ1v) is 9.44. The molecule has 0 saturated heterocycles. The van der Waals surface area contributed by atoms with Crippen LogP contribution in [-0.2, 0) is 7.05 Å². The van der Waals surface area contributed by atoms with Gasteiger partial charge in [-0.25, -0.2) is 4.98 Å². The summed E-state index contributed by atoms with van der Waals surface area (Å²) in [5.74, 6) is -1.74. The van der Waals surface area contributed by atoms with E-state index in [1.807, 2.05) is 36.5 Å². The Balaban J connectivity index is 1.55. The van der Waals surface area contributed by atoms with Gasteiger partial charge in [0.05, 0.1) is 17.5 Å². The molecule has 11 heteroatoms. The first-order chi connectivity index (χ1) is 15.2. The number of amides is 2. The van der Waals surface area contributed by atoms with Crippen molar-refractivity contribution in [2.45, 2.75) is 6.18 Å². The van der Waals surface area contributed by atoms with E-state index in [0.717, 1.165) is 22.1 Å². The highest BCUT2D eigenvalue weighted by Crippen LogP contribution is 2.21. The Morgan fingerprint density at radius 1 is 1.09 bits per heavy atom. The monoisotopic (exact) mass is 442 g/mol. The largest absolute Gasteiger partial charge is 0.405 e. The van der Waals surface area contributed by atoms with E-state index in [0.29, 0.717) is 11.3 Å². The molecule has 0 aliphatic carbocycles. The minimum Gasteiger partial charge on any atom is -0.343 e. The lowest BCUT2D eigenvalue weighted by atomic mass is 10.2. The van der Waals surface area contributed by atoms with Crippen LogP contribution < -0.4 is 10.6 Å². The normalized spacial score (nSPS) is 11.5. The van der Waals surface area contributed by atoms with E-state index < -0.39 is 24.5 Å². The van der Waals surface area contributed by atoms with Gasteiger partial charge >= 0.3 is 6.18 Å². The molecular formula is C21H17F3N6O2. The van der Waals surface area contributed by atoms with Crippen LogP contribution in [0.1, 0.15) is 20.8 Å². The fourth-order valence-corrected chi connectivity index (χ4v) is 3.15. The summed E-state index contributed by atoms with van der Waals surface area (Å²) in [5.41, 5.74) is 2.24. The van der Waals surface area contributed by atoms with Crippen LogP contribution in [0.5, 0.6) is 0 Å². The van der Waals surface area contributed by atoms with Crippen molar-refractivity contribution in [2.75, 3.05) is 11.9 Å². The lowest BCUT2D eigenvalue weighted by Gasteiger charge is -2.10. The van der Waals surface area contributed by atoms with Crippen molar-refractivity contribution in [3.05, 3.63) is 72.3 Å². The zero-order valence-electron chi connectivity index (χ0n) is 16.7. The average molecular weight is 442 g/mol. The summed E-state index contributed by atoms with van der Waals surface area (Å²) in [6.07, 6.45) is 0.0358. The van der Waals surface area contributed by atoms with Gasteiger partial charge in [0.25, 0.3) is 11.8 Å². The summed E-state index contributed by atoms with van der Waals surface area (Å²) in [4.78, 5) is 29.5. The Morgan fingerprint density at radius 2 is 1.84 bits per heavy atom. The number of nitrogens with one attached hydrogen (secondary N) is 2. The summed E-state index contributed by atoms with van der Waals surface area (Å²) < 4.78 is 40.1. The third-order valence-corrected chi connectivity index (χ3v) is 4.64. The van der Waals surface area contributed by atoms with Gasteiger partial charge in [-0.1, -0.05) is 30.3 Å². The number of carbonyl (C=O) groups is 2. The molecule has 0 radical (unpaired) electrons. The number of anilines is 1. The zero-order chi connectivity index (χ0) is 22.9. The Kier molecular flexibility index (Phi) is 5.39. The van der Waals surface area contributed by atoms with E-state index in [-0.39, 0.29) is 11.3 Å². The van der Waals surface area contributed by atoms with Gasteiger partial charge in [-0.3, -0.25) is 14.3 Å². The second kappa shape index (κ2) is 8.17. The number of benzene rings is 1. The van der Waals surface area contributed by atoms with Crippen LogP contribution in [0, 0.1) is 0 Å². The van der Waals surface area contributed by atoms with Crippen LogP contribution in [-0.4, -0.2) is 43.7 Å². The highest BCUT2D eigenvalue weighted by atomic mass is 19.4. The van der Waals surface area contributed by atoms with Crippen LogP contribution in [0.3, 0.4) is 0 Å². The van der Waals surface area contributed by atoms with Gasteiger partial charge in [-0.05, 0) is 6.07 Å². The third-order valence-electron chi connectivity index (χ3n) is 4.64. The van der Waals surface area contributed by atoms with E-state index >= 15 is 0 Å². The molecule has 2 amide bonds. The van der Waals surface area contributed by atoms with Crippen LogP contribution in [0.15, 0.2) is 61.1 Å². The van der Waals surface area contributed by atoms with Gasteiger partial charge in [0.2, 0.25) is 0 Å². The summed E-state index contributed by atoms with van der Waals surface area (Å²) in [6, 6.07) is 12.9. The van der Waals surface area contributed by atoms with Crippen molar-refractivity contribution in [3.8, 4) is 11.3 Å². The lowest BCUT2D eigenvalue weighted by Crippen LogP contribution is -2.34. The van der Waals surface area contributed by atoms with Gasteiger partial charge in [0.1, 0.15) is 17.9 Å². The number of nitrogens with zero attached hydrogens (tertiary/aromatic N) is 4. The van der Waals surface area contributed by atoms with Crippen LogP contribution in [0.25, 0.3) is 16.9 Å². The molecule has 2 N–H and O–H groups in total. The maximum absolute atomic E-state index is 12.8. The molecule has 0 aliphatic rings. The molecular weight excluding hydrogens is 425 g/mol. The quantitative estimate of drug-likeness (QED) is 0.496. The minimum atomic E-state index is -4.57. The molecule has 164 valence electrons. The Morgan fingerprint density at radius 3 is 2.56 bits per heavy atom. The second-order valence-corrected chi connectivity index (χ2v) is 6.96. The molecule has 3 aromatic heterocycles. The lowest BCUT2D eigenvalue weighted by molar-refractivity contribution is -0.123. The van der Waals surface area contributed by atoms with Gasteiger partial charge in [-0.2, -0.15) is 18.3 Å². The molecule has 3 heterocycles. The van der Waals surface area contributed by atoms with Gasteiger partial charge < -0.3 is 15.0 Å². The Labute approximate surface area is 179 Å². The van der Waals surface area contributed by atoms with Gasteiger partial charge in [-0.15, -0.1) is 0 Å². The predicted octanol–water partition coefficient (Wildman–Crippen LogP) is 3.28. The Hall–Kier alpha value is -4.15. The SMILES string of the molecule is Cn1ncc(C(=O)NCC(F)(F)F)c1C(=O)Nc1ccn2cc(-c3ccccc3)nc2c1. The number of aromatic nitrogens is 4. The number of halogens is 3. The van der Waals surface area contributed by atoms with E-state index in [4.69, 9.17) is 0 Å². The topological polar surface area (TPSA) is 93.3 Å². The zero-order valence-corrected chi connectivity index (χ0v) is 16.7. The third kappa shape index (κ3) is 4.46. The molecule has 0 bridgehead atoms. The van der Waals surface area contributed by atoms with Crippen molar-refractivity contribution in [3.63, 3.8) is 0 Å². The molecule has 1 aromatic carbocycles. The number of fused-ring (bicyclic) bond motifs is 1. The van der Waals surface area contributed by atoms with E-state index in [1.165, 1.54) is 7.05 Å². The molecule has 4 aromatic rings. The van der Waals surface area contributed by atoms with Crippen LogP contribution in [0.2, 0.25) is 0 Å². The predicted molar refractivity (Wildman–Crippen MR) is 110 cm³/mol. The molecule has 0 aliphatic heterocycles. The van der Waals surface area contributed by atoms with E-state index in [1.54, 1.807) is 28.0 Å². The maximum atomic E-state index is 12.8. The molecule has 0 fully saturated rings. The number of rotatable bonds is 5. The second-order valence-electron chi connectivity index (χ2n) is 6.96. The first-order valence-electron chi connectivity index (χ1n) is 9.44. The molecule has 32 heavy (non-hydrogen) atoms. The number of imidazole rings is 1. The highest BCUT2D eigenvalue weighted by molar-refractivity contribution is 6.11. The van der Waals surface area contributed by atoms with Crippen molar-refractivity contribution in [2.24, 2.45) is 7.05 Å². The number of pyridine rings is 1. The number of alkyl halides is 3. The average Bonchev–Trinajstić information content (AvgIpc) is 3.35. The summed E-state index contributed by atoms with van der Waals surface area (Å²) in [5, 5.41) is 8.21. The maximum Gasteiger partial charge on any atom is 0.405 e. The minimum absolute atomic E-state index is 0.169. The summed E-state index contributed by atoms with van der Waals surface area (Å²) in [6.45, 7) is -1.51. The molecule has 0 spiro atoms.